The zero-order valence-electron chi connectivity index (χ0n) is 9.95. The molecule has 4 heteroatoms. The van der Waals surface area contributed by atoms with Gasteiger partial charge in [0.05, 0.1) is 0 Å². The van der Waals surface area contributed by atoms with Crippen molar-refractivity contribution in [2.24, 2.45) is 0 Å². The Morgan fingerprint density at radius 2 is 2.06 bits per heavy atom. The van der Waals surface area contributed by atoms with E-state index >= 15 is 0 Å². The van der Waals surface area contributed by atoms with Crippen LogP contribution in [0.2, 0.25) is 0 Å². The molecule has 17 heavy (non-hydrogen) atoms. The third kappa shape index (κ3) is 3.46. The van der Waals surface area contributed by atoms with Gasteiger partial charge >= 0.3 is 6.03 Å². The SMILES string of the molecule is CN(Cc1ccc(Br)cc1)C(=O)NC1CCC1. The summed E-state index contributed by atoms with van der Waals surface area (Å²) in [7, 11) is 1.83. The van der Waals surface area contributed by atoms with Gasteiger partial charge in [0.15, 0.2) is 0 Å². The summed E-state index contributed by atoms with van der Waals surface area (Å²) in [6.45, 7) is 0.645. The van der Waals surface area contributed by atoms with Crippen molar-refractivity contribution in [3.63, 3.8) is 0 Å². The van der Waals surface area contributed by atoms with Gasteiger partial charge in [0.2, 0.25) is 0 Å². The first-order chi connectivity index (χ1) is 8.15. The van der Waals surface area contributed by atoms with Crippen molar-refractivity contribution in [2.45, 2.75) is 31.8 Å². The predicted molar refractivity (Wildman–Crippen MR) is 71.8 cm³/mol. The summed E-state index contributed by atoms with van der Waals surface area (Å²) >= 11 is 3.40. The van der Waals surface area contributed by atoms with Crippen LogP contribution in [0, 0.1) is 0 Å². The van der Waals surface area contributed by atoms with Gasteiger partial charge in [-0.1, -0.05) is 28.1 Å². The maximum atomic E-state index is 11.8. The van der Waals surface area contributed by atoms with Crippen LogP contribution in [0.3, 0.4) is 0 Å². The fourth-order valence-electron chi connectivity index (χ4n) is 1.77. The lowest BCUT2D eigenvalue weighted by Gasteiger charge is -2.29. The Balaban J connectivity index is 1.84. The average Bonchev–Trinajstić information content (AvgIpc) is 2.26. The van der Waals surface area contributed by atoms with Gasteiger partial charge in [-0.15, -0.1) is 0 Å². The molecular formula is C13H17BrN2O. The van der Waals surface area contributed by atoms with E-state index in [1.54, 1.807) is 4.90 Å². The van der Waals surface area contributed by atoms with Crippen LogP contribution in [-0.4, -0.2) is 24.0 Å². The summed E-state index contributed by atoms with van der Waals surface area (Å²) in [6.07, 6.45) is 3.48. The van der Waals surface area contributed by atoms with E-state index in [1.807, 2.05) is 31.3 Å². The van der Waals surface area contributed by atoms with E-state index in [9.17, 15) is 4.79 Å². The molecule has 0 heterocycles. The number of carbonyl (C=O) groups is 1. The Morgan fingerprint density at radius 3 is 2.59 bits per heavy atom. The van der Waals surface area contributed by atoms with E-state index in [0.29, 0.717) is 12.6 Å². The van der Waals surface area contributed by atoms with Gasteiger partial charge in [0.25, 0.3) is 0 Å². The molecule has 92 valence electrons. The first kappa shape index (κ1) is 12.4. The van der Waals surface area contributed by atoms with Gasteiger partial charge in [-0.3, -0.25) is 0 Å². The summed E-state index contributed by atoms with van der Waals surface area (Å²) in [6, 6.07) is 8.46. The van der Waals surface area contributed by atoms with Crippen molar-refractivity contribution >= 4 is 22.0 Å². The van der Waals surface area contributed by atoms with Crippen LogP contribution in [0.4, 0.5) is 4.79 Å². The highest BCUT2D eigenvalue weighted by atomic mass is 79.9. The van der Waals surface area contributed by atoms with E-state index in [-0.39, 0.29) is 6.03 Å². The quantitative estimate of drug-likeness (QED) is 0.913. The zero-order chi connectivity index (χ0) is 12.3. The molecule has 1 aliphatic carbocycles. The van der Waals surface area contributed by atoms with Crippen molar-refractivity contribution in [2.75, 3.05) is 7.05 Å². The minimum Gasteiger partial charge on any atom is -0.335 e. The van der Waals surface area contributed by atoms with Crippen molar-refractivity contribution in [3.8, 4) is 0 Å². The molecule has 2 amide bonds. The van der Waals surface area contributed by atoms with E-state index in [0.717, 1.165) is 22.9 Å². The monoisotopic (exact) mass is 296 g/mol. The van der Waals surface area contributed by atoms with E-state index in [2.05, 4.69) is 21.2 Å². The highest BCUT2D eigenvalue weighted by molar-refractivity contribution is 9.10. The topological polar surface area (TPSA) is 32.3 Å². The molecular weight excluding hydrogens is 280 g/mol. The number of halogens is 1. The normalized spacial score (nSPS) is 15.2. The third-order valence-electron chi connectivity index (χ3n) is 3.11. The molecule has 0 atom stereocenters. The lowest BCUT2D eigenvalue weighted by atomic mass is 9.93. The Hall–Kier alpha value is -1.03. The molecule has 0 aliphatic heterocycles. The molecule has 0 spiro atoms. The number of amides is 2. The molecule has 3 nitrogen and oxygen atoms in total. The summed E-state index contributed by atoms with van der Waals surface area (Å²) in [4.78, 5) is 13.5. The molecule has 0 radical (unpaired) electrons. The molecule has 1 saturated carbocycles. The van der Waals surface area contributed by atoms with Crippen LogP contribution >= 0.6 is 15.9 Å². The maximum absolute atomic E-state index is 11.8. The molecule has 1 N–H and O–H groups in total. The van der Waals surface area contributed by atoms with Crippen LogP contribution in [0.15, 0.2) is 28.7 Å². The molecule has 0 aromatic heterocycles. The van der Waals surface area contributed by atoms with E-state index in [1.165, 1.54) is 6.42 Å². The number of benzene rings is 1. The Kier molecular flexibility index (Phi) is 4.05. The van der Waals surface area contributed by atoms with Crippen molar-refractivity contribution in [3.05, 3.63) is 34.3 Å². The van der Waals surface area contributed by atoms with Gasteiger partial charge < -0.3 is 10.2 Å². The summed E-state index contributed by atoms with van der Waals surface area (Å²) in [5.41, 5.74) is 1.14. The minimum absolute atomic E-state index is 0.0256. The first-order valence-corrected chi connectivity index (χ1v) is 6.70. The molecule has 1 aliphatic rings. The molecule has 1 fully saturated rings. The lowest BCUT2D eigenvalue weighted by molar-refractivity contribution is 0.195. The molecule has 1 aromatic carbocycles. The second-order valence-corrected chi connectivity index (χ2v) is 5.48. The number of hydrogen-bond donors (Lipinski definition) is 1. The van der Waals surface area contributed by atoms with Crippen molar-refractivity contribution in [1.82, 2.24) is 10.2 Å². The smallest absolute Gasteiger partial charge is 0.317 e. The van der Waals surface area contributed by atoms with Crippen LogP contribution in [0.5, 0.6) is 0 Å². The Labute approximate surface area is 110 Å². The number of carbonyl (C=O) groups excluding carboxylic acids is 1. The Morgan fingerprint density at radius 1 is 1.41 bits per heavy atom. The van der Waals surface area contributed by atoms with Gasteiger partial charge in [0.1, 0.15) is 0 Å². The second kappa shape index (κ2) is 5.54. The lowest BCUT2D eigenvalue weighted by Crippen LogP contribution is -2.45. The number of hydrogen-bond acceptors (Lipinski definition) is 1. The largest absolute Gasteiger partial charge is 0.335 e. The van der Waals surface area contributed by atoms with Crippen LogP contribution < -0.4 is 5.32 Å². The minimum atomic E-state index is 0.0256. The molecule has 0 unspecified atom stereocenters. The predicted octanol–water partition coefficient (Wildman–Crippen LogP) is 3.14. The summed E-state index contributed by atoms with van der Waals surface area (Å²) < 4.78 is 1.06. The number of rotatable bonds is 3. The zero-order valence-corrected chi connectivity index (χ0v) is 11.5. The second-order valence-electron chi connectivity index (χ2n) is 4.56. The fourth-order valence-corrected chi connectivity index (χ4v) is 2.04. The summed E-state index contributed by atoms with van der Waals surface area (Å²) in [5, 5.41) is 3.03. The first-order valence-electron chi connectivity index (χ1n) is 5.91. The average molecular weight is 297 g/mol. The standard InChI is InChI=1S/C13H17BrN2O/c1-16(13(17)15-12-3-2-4-12)9-10-5-7-11(14)8-6-10/h5-8,12H,2-4,9H2,1H3,(H,15,17). The maximum Gasteiger partial charge on any atom is 0.317 e. The van der Waals surface area contributed by atoms with Crippen LogP contribution in [-0.2, 0) is 6.54 Å². The van der Waals surface area contributed by atoms with Gasteiger partial charge in [-0.25, -0.2) is 4.79 Å². The highest BCUT2D eigenvalue weighted by Crippen LogP contribution is 2.18. The molecule has 0 bridgehead atoms. The van der Waals surface area contributed by atoms with Crippen LogP contribution in [0.1, 0.15) is 24.8 Å². The number of urea groups is 1. The van der Waals surface area contributed by atoms with E-state index < -0.39 is 0 Å². The molecule has 1 aromatic rings. The number of nitrogens with zero attached hydrogens (tertiary/aromatic N) is 1. The number of nitrogens with one attached hydrogen (secondary N) is 1. The van der Waals surface area contributed by atoms with Gasteiger partial charge in [0, 0.05) is 24.1 Å². The van der Waals surface area contributed by atoms with Crippen LogP contribution in [0.25, 0.3) is 0 Å². The van der Waals surface area contributed by atoms with E-state index in [4.69, 9.17) is 0 Å². The third-order valence-corrected chi connectivity index (χ3v) is 3.64. The van der Waals surface area contributed by atoms with Crippen molar-refractivity contribution in [1.29, 1.82) is 0 Å². The molecule has 0 saturated heterocycles. The van der Waals surface area contributed by atoms with Gasteiger partial charge in [-0.05, 0) is 37.0 Å². The Bertz CT molecular complexity index is 387. The fraction of sp³-hybridized carbons (Fsp3) is 0.462. The highest BCUT2D eigenvalue weighted by Gasteiger charge is 2.20. The summed E-state index contributed by atoms with van der Waals surface area (Å²) in [5.74, 6) is 0. The molecule has 2 rings (SSSR count). The van der Waals surface area contributed by atoms with Gasteiger partial charge in [-0.2, -0.15) is 0 Å². The van der Waals surface area contributed by atoms with Crippen molar-refractivity contribution < 1.29 is 4.79 Å².